The van der Waals surface area contributed by atoms with E-state index in [1.54, 1.807) is 11.0 Å². The fourth-order valence-electron chi connectivity index (χ4n) is 2.92. The SMILES string of the molecule is O=C(NC(Cn1cncn1)c1ccccc1)c1cc2cc(F)c(F)cc2[nH]1. The second-order valence-corrected chi connectivity index (χ2v) is 6.09. The average molecular weight is 367 g/mol. The lowest BCUT2D eigenvalue weighted by atomic mass is 10.1. The summed E-state index contributed by atoms with van der Waals surface area (Å²) in [6.45, 7) is 0.388. The maximum absolute atomic E-state index is 13.4. The van der Waals surface area contributed by atoms with Gasteiger partial charge in [0, 0.05) is 17.0 Å². The lowest BCUT2D eigenvalue weighted by Gasteiger charge is -2.18. The van der Waals surface area contributed by atoms with Gasteiger partial charge in [-0.1, -0.05) is 30.3 Å². The molecule has 0 radical (unpaired) electrons. The van der Waals surface area contributed by atoms with Crippen molar-refractivity contribution in [3.63, 3.8) is 0 Å². The fourth-order valence-corrected chi connectivity index (χ4v) is 2.92. The summed E-state index contributed by atoms with van der Waals surface area (Å²) in [7, 11) is 0. The minimum absolute atomic E-state index is 0.217. The van der Waals surface area contributed by atoms with E-state index in [-0.39, 0.29) is 17.6 Å². The van der Waals surface area contributed by atoms with Crippen LogP contribution in [0.3, 0.4) is 0 Å². The molecule has 1 unspecified atom stereocenters. The highest BCUT2D eigenvalue weighted by atomic mass is 19.2. The van der Waals surface area contributed by atoms with Crippen LogP contribution in [0.15, 0.2) is 61.2 Å². The Kier molecular flexibility index (Phi) is 4.37. The first-order chi connectivity index (χ1) is 13.1. The van der Waals surface area contributed by atoms with Crippen molar-refractivity contribution >= 4 is 16.8 Å². The van der Waals surface area contributed by atoms with Crippen LogP contribution in [-0.2, 0) is 6.54 Å². The summed E-state index contributed by atoms with van der Waals surface area (Å²) >= 11 is 0. The molecule has 4 aromatic rings. The number of aromatic amines is 1. The number of fused-ring (bicyclic) bond motifs is 1. The first-order valence-corrected chi connectivity index (χ1v) is 8.26. The van der Waals surface area contributed by atoms with Crippen molar-refractivity contribution < 1.29 is 13.6 Å². The third kappa shape index (κ3) is 3.55. The van der Waals surface area contributed by atoms with E-state index in [1.807, 2.05) is 30.3 Å². The zero-order valence-electron chi connectivity index (χ0n) is 14.1. The number of amides is 1. The Morgan fingerprint density at radius 1 is 1.15 bits per heavy atom. The minimum atomic E-state index is -0.968. The monoisotopic (exact) mass is 367 g/mol. The van der Waals surface area contributed by atoms with E-state index in [2.05, 4.69) is 20.4 Å². The summed E-state index contributed by atoms with van der Waals surface area (Å²) in [5.41, 5.74) is 1.47. The van der Waals surface area contributed by atoms with Gasteiger partial charge < -0.3 is 10.3 Å². The van der Waals surface area contributed by atoms with E-state index in [0.717, 1.165) is 17.7 Å². The van der Waals surface area contributed by atoms with Crippen LogP contribution in [-0.4, -0.2) is 25.7 Å². The Labute approximate surface area is 152 Å². The van der Waals surface area contributed by atoms with E-state index in [9.17, 15) is 13.6 Å². The van der Waals surface area contributed by atoms with Crippen molar-refractivity contribution in [3.8, 4) is 0 Å². The Bertz CT molecular complexity index is 1040. The molecule has 2 N–H and O–H groups in total. The summed E-state index contributed by atoms with van der Waals surface area (Å²) in [4.78, 5) is 19.5. The summed E-state index contributed by atoms with van der Waals surface area (Å²) in [6.07, 6.45) is 2.99. The van der Waals surface area contributed by atoms with E-state index in [1.165, 1.54) is 12.4 Å². The van der Waals surface area contributed by atoms with Crippen LogP contribution >= 0.6 is 0 Å². The van der Waals surface area contributed by atoms with E-state index in [4.69, 9.17) is 0 Å². The van der Waals surface area contributed by atoms with E-state index < -0.39 is 11.6 Å². The molecule has 0 fully saturated rings. The van der Waals surface area contributed by atoms with Crippen molar-refractivity contribution in [2.45, 2.75) is 12.6 Å². The number of nitrogens with zero attached hydrogens (tertiary/aromatic N) is 3. The van der Waals surface area contributed by atoms with Gasteiger partial charge in [-0.2, -0.15) is 5.10 Å². The molecule has 136 valence electrons. The third-order valence-corrected chi connectivity index (χ3v) is 4.25. The minimum Gasteiger partial charge on any atom is -0.350 e. The lowest BCUT2D eigenvalue weighted by molar-refractivity contribution is 0.0927. The van der Waals surface area contributed by atoms with Gasteiger partial charge in [0.05, 0.1) is 12.6 Å². The van der Waals surface area contributed by atoms with Crippen molar-refractivity contribution in [3.05, 3.63) is 84.1 Å². The van der Waals surface area contributed by atoms with Gasteiger partial charge in [-0.15, -0.1) is 0 Å². The van der Waals surface area contributed by atoms with Crippen LogP contribution in [0.2, 0.25) is 0 Å². The maximum Gasteiger partial charge on any atom is 0.268 e. The smallest absolute Gasteiger partial charge is 0.268 e. The molecule has 27 heavy (non-hydrogen) atoms. The molecule has 0 aliphatic rings. The van der Waals surface area contributed by atoms with Crippen LogP contribution in [0, 0.1) is 11.6 Å². The molecule has 0 aliphatic carbocycles. The molecule has 1 amide bonds. The molecule has 0 saturated heterocycles. The summed E-state index contributed by atoms with van der Waals surface area (Å²) in [5, 5.41) is 7.43. The second kappa shape index (κ2) is 6.99. The molecule has 2 heterocycles. The quantitative estimate of drug-likeness (QED) is 0.569. The van der Waals surface area contributed by atoms with Gasteiger partial charge in [0.15, 0.2) is 11.6 Å². The molecular formula is C19H15F2N5O. The molecule has 0 bridgehead atoms. The summed E-state index contributed by atoms with van der Waals surface area (Å²) in [5.74, 6) is -2.31. The zero-order valence-corrected chi connectivity index (χ0v) is 14.1. The number of benzene rings is 2. The number of carbonyl (C=O) groups excluding carboxylic acids is 1. The number of hydrogen-bond donors (Lipinski definition) is 2. The highest BCUT2D eigenvalue weighted by molar-refractivity contribution is 5.98. The summed E-state index contributed by atoms with van der Waals surface area (Å²) < 4.78 is 28.4. The summed E-state index contributed by atoms with van der Waals surface area (Å²) in [6, 6.07) is 12.7. The standard InChI is InChI=1S/C19H15F2N5O/c20-14-6-13-7-17(24-16(13)8-15(14)21)19(27)25-18(9-26-11-22-10-23-26)12-4-2-1-3-5-12/h1-8,10-11,18,24H,9H2,(H,25,27). The lowest BCUT2D eigenvalue weighted by Crippen LogP contribution is -2.31. The Morgan fingerprint density at radius 3 is 2.67 bits per heavy atom. The molecule has 0 spiro atoms. The number of halogens is 2. The Balaban J connectivity index is 1.61. The normalized spacial score (nSPS) is 12.2. The van der Waals surface area contributed by atoms with Gasteiger partial charge in [-0.25, -0.2) is 13.8 Å². The van der Waals surface area contributed by atoms with Gasteiger partial charge in [0.25, 0.3) is 5.91 Å². The number of hydrogen-bond acceptors (Lipinski definition) is 3. The molecule has 0 aliphatic heterocycles. The van der Waals surface area contributed by atoms with E-state index >= 15 is 0 Å². The molecule has 0 saturated carbocycles. The van der Waals surface area contributed by atoms with Gasteiger partial charge in [0.2, 0.25) is 0 Å². The van der Waals surface area contributed by atoms with Crippen molar-refractivity contribution in [1.29, 1.82) is 0 Å². The predicted octanol–water partition coefficient (Wildman–Crippen LogP) is 3.21. The third-order valence-electron chi connectivity index (χ3n) is 4.25. The van der Waals surface area contributed by atoms with Crippen LogP contribution in [0.4, 0.5) is 8.78 Å². The Morgan fingerprint density at radius 2 is 1.93 bits per heavy atom. The van der Waals surface area contributed by atoms with Crippen LogP contribution in [0.1, 0.15) is 22.1 Å². The van der Waals surface area contributed by atoms with Crippen LogP contribution in [0.25, 0.3) is 10.9 Å². The molecule has 2 aromatic carbocycles. The van der Waals surface area contributed by atoms with Crippen molar-refractivity contribution in [2.75, 3.05) is 0 Å². The van der Waals surface area contributed by atoms with Crippen molar-refractivity contribution in [2.24, 2.45) is 0 Å². The molecule has 1 atom stereocenters. The zero-order chi connectivity index (χ0) is 18.8. The van der Waals surface area contributed by atoms with Gasteiger partial charge >= 0.3 is 0 Å². The average Bonchev–Trinajstić information content (AvgIpc) is 3.32. The highest BCUT2D eigenvalue weighted by Crippen LogP contribution is 2.21. The van der Waals surface area contributed by atoms with Gasteiger partial charge in [-0.05, 0) is 17.7 Å². The molecular weight excluding hydrogens is 352 g/mol. The topological polar surface area (TPSA) is 75.6 Å². The van der Waals surface area contributed by atoms with Gasteiger partial charge in [0.1, 0.15) is 18.3 Å². The first kappa shape index (κ1) is 16.9. The number of rotatable bonds is 5. The largest absolute Gasteiger partial charge is 0.350 e. The van der Waals surface area contributed by atoms with Crippen LogP contribution < -0.4 is 5.32 Å². The Hall–Kier alpha value is -3.55. The molecule has 2 aromatic heterocycles. The number of H-pyrrole nitrogens is 1. The molecule has 4 rings (SSSR count). The number of aromatic nitrogens is 4. The first-order valence-electron chi connectivity index (χ1n) is 8.26. The van der Waals surface area contributed by atoms with Crippen molar-refractivity contribution in [1.82, 2.24) is 25.1 Å². The number of carbonyl (C=O) groups is 1. The maximum atomic E-state index is 13.4. The predicted molar refractivity (Wildman–Crippen MR) is 94.9 cm³/mol. The molecule has 8 heteroatoms. The number of nitrogens with one attached hydrogen (secondary N) is 2. The fraction of sp³-hybridized carbons (Fsp3) is 0.105. The second-order valence-electron chi connectivity index (χ2n) is 6.09. The van der Waals surface area contributed by atoms with Gasteiger partial charge in [-0.3, -0.25) is 9.48 Å². The van der Waals surface area contributed by atoms with E-state index in [0.29, 0.717) is 17.4 Å². The van der Waals surface area contributed by atoms with Crippen LogP contribution in [0.5, 0.6) is 0 Å². The highest BCUT2D eigenvalue weighted by Gasteiger charge is 2.19. The molecule has 6 nitrogen and oxygen atoms in total.